The van der Waals surface area contributed by atoms with Crippen molar-refractivity contribution >= 4 is 0 Å². The molecule has 0 aliphatic heterocycles. The summed E-state index contributed by atoms with van der Waals surface area (Å²) in [5.41, 5.74) is 3.88. The fraction of sp³-hybridized carbons (Fsp3) is 0.786. The molecular weight excluding hydrogens is 210 g/mol. The van der Waals surface area contributed by atoms with Crippen LogP contribution in [0, 0.1) is 20.8 Å². The van der Waals surface area contributed by atoms with E-state index in [9.17, 15) is 0 Å². The highest BCUT2D eigenvalue weighted by Gasteiger charge is 2.28. The molecule has 2 rings (SSSR count). The van der Waals surface area contributed by atoms with E-state index in [4.69, 9.17) is 5.10 Å². The average molecular weight is 235 g/mol. The van der Waals surface area contributed by atoms with E-state index < -0.39 is 0 Å². The van der Waals surface area contributed by atoms with Crippen LogP contribution in [0.25, 0.3) is 0 Å². The number of nitrogens with one attached hydrogen (secondary N) is 1. The first kappa shape index (κ1) is 12.6. The Morgan fingerprint density at radius 1 is 1.24 bits per heavy atom. The third-order valence-electron chi connectivity index (χ3n) is 4.20. The summed E-state index contributed by atoms with van der Waals surface area (Å²) < 4.78 is 2.27. The molecule has 1 aromatic heterocycles. The van der Waals surface area contributed by atoms with Crippen molar-refractivity contribution < 1.29 is 0 Å². The number of rotatable bonds is 3. The Labute approximate surface area is 105 Å². The van der Waals surface area contributed by atoms with E-state index >= 15 is 0 Å². The van der Waals surface area contributed by atoms with Crippen LogP contribution in [0.2, 0.25) is 0 Å². The predicted octanol–water partition coefficient (Wildman–Crippen LogP) is 2.90. The van der Waals surface area contributed by atoms with Gasteiger partial charge in [-0.1, -0.05) is 19.8 Å². The number of aryl methyl sites for hydroxylation is 1. The minimum absolute atomic E-state index is 0.552. The zero-order chi connectivity index (χ0) is 12.4. The van der Waals surface area contributed by atoms with Gasteiger partial charge in [-0.2, -0.15) is 5.10 Å². The first-order chi connectivity index (χ1) is 8.15. The third-order valence-corrected chi connectivity index (χ3v) is 4.20. The maximum absolute atomic E-state index is 4.74. The highest BCUT2D eigenvalue weighted by Crippen LogP contribution is 2.30. The van der Waals surface area contributed by atoms with E-state index in [0.717, 1.165) is 6.54 Å². The minimum Gasteiger partial charge on any atom is -0.312 e. The molecule has 0 aromatic carbocycles. The SMILES string of the molecule is CCNC1CCCCC1n1nc(C)c(C)c1C. The molecule has 3 nitrogen and oxygen atoms in total. The van der Waals surface area contributed by atoms with Crippen molar-refractivity contribution in [3.63, 3.8) is 0 Å². The molecule has 1 N–H and O–H groups in total. The van der Waals surface area contributed by atoms with Crippen molar-refractivity contribution in [1.29, 1.82) is 0 Å². The molecule has 17 heavy (non-hydrogen) atoms. The maximum atomic E-state index is 4.74. The van der Waals surface area contributed by atoms with Gasteiger partial charge in [-0.15, -0.1) is 0 Å². The Morgan fingerprint density at radius 2 is 1.94 bits per heavy atom. The lowest BCUT2D eigenvalue weighted by atomic mass is 9.90. The largest absolute Gasteiger partial charge is 0.312 e. The second-order valence-electron chi connectivity index (χ2n) is 5.26. The zero-order valence-corrected chi connectivity index (χ0v) is 11.6. The summed E-state index contributed by atoms with van der Waals surface area (Å²) in [7, 11) is 0. The third kappa shape index (κ3) is 2.39. The summed E-state index contributed by atoms with van der Waals surface area (Å²) in [6, 6.07) is 1.15. The number of nitrogens with zero attached hydrogens (tertiary/aromatic N) is 2. The quantitative estimate of drug-likeness (QED) is 0.873. The first-order valence-corrected chi connectivity index (χ1v) is 6.90. The van der Waals surface area contributed by atoms with Gasteiger partial charge < -0.3 is 5.32 Å². The van der Waals surface area contributed by atoms with Crippen molar-refractivity contribution in [2.75, 3.05) is 6.54 Å². The van der Waals surface area contributed by atoms with Crippen LogP contribution in [-0.2, 0) is 0 Å². The van der Waals surface area contributed by atoms with Gasteiger partial charge in [0.2, 0.25) is 0 Å². The van der Waals surface area contributed by atoms with Crippen molar-refractivity contribution in [3.05, 3.63) is 17.0 Å². The van der Waals surface area contributed by atoms with Crippen LogP contribution in [0.3, 0.4) is 0 Å². The van der Waals surface area contributed by atoms with Gasteiger partial charge in [0.15, 0.2) is 0 Å². The maximum Gasteiger partial charge on any atom is 0.0675 e. The lowest BCUT2D eigenvalue weighted by Crippen LogP contribution is -2.40. The van der Waals surface area contributed by atoms with Crippen molar-refractivity contribution in [2.24, 2.45) is 0 Å². The second kappa shape index (κ2) is 5.21. The van der Waals surface area contributed by atoms with E-state index in [1.165, 1.54) is 42.6 Å². The Bertz CT molecular complexity index is 379. The fourth-order valence-electron chi connectivity index (χ4n) is 2.97. The number of aromatic nitrogens is 2. The Hall–Kier alpha value is -0.830. The van der Waals surface area contributed by atoms with Gasteiger partial charge in [-0.05, 0) is 45.7 Å². The number of hydrogen-bond donors (Lipinski definition) is 1. The summed E-state index contributed by atoms with van der Waals surface area (Å²) in [5.74, 6) is 0. The Balaban J connectivity index is 2.26. The predicted molar refractivity (Wildman–Crippen MR) is 71.4 cm³/mol. The van der Waals surface area contributed by atoms with E-state index in [2.05, 4.69) is 37.7 Å². The van der Waals surface area contributed by atoms with E-state index in [-0.39, 0.29) is 0 Å². The second-order valence-corrected chi connectivity index (χ2v) is 5.26. The molecule has 1 aliphatic carbocycles. The van der Waals surface area contributed by atoms with Crippen LogP contribution in [0.4, 0.5) is 0 Å². The molecule has 0 radical (unpaired) electrons. The van der Waals surface area contributed by atoms with Gasteiger partial charge in [0, 0.05) is 11.7 Å². The molecule has 2 unspecified atom stereocenters. The van der Waals surface area contributed by atoms with Gasteiger partial charge in [-0.25, -0.2) is 0 Å². The van der Waals surface area contributed by atoms with Gasteiger partial charge in [0.25, 0.3) is 0 Å². The van der Waals surface area contributed by atoms with Crippen LogP contribution in [0.15, 0.2) is 0 Å². The highest BCUT2D eigenvalue weighted by atomic mass is 15.3. The first-order valence-electron chi connectivity index (χ1n) is 6.90. The average Bonchev–Trinajstić information content (AvgIpc) is 2.58. The van der Waals surface area contributed by atoms with Crippen LogP contribution in [0.1, 0.15) is 55.6 Å². The molecule has 1 saturated carbocycles. The molecule has 3 heteroatoms. The molecule has 96 valence electrons. The van der Waals surface area contributed by atoms with Crippen LogP contribution in [-0.4, -0.2) is 22.4 Å². The summed E-state index contributed by atoms with van der Waals surface area (Å²) >= 11 is 0. The molecule has 1 aromatic rings. The number of likely N-dealkylation sites (N-methyl/N-ethyl adjacent to an activating group) is 1. The van der Waals surface area contributed by atoms with Gasteiger partial charge in [0.1, 0.15) is 0 Å². The monoisotopic (exact) mass is 235 g/mol. The smallest absolute Gasteiger partial charge is 0.0675 e. The molecule has 1 fully saturated rings. The Kier molecular flexibility index (Phi) is 3.87. The molecule has 0 spiro atoms. The van der Waals surface area contributed by atoms with E-state index in [1.54, 1.807) is 0 Å². The van der Waals surface area contributed by atoms with Crippen LogP contribution >= 0.6 is 0 Å². The molecule has 0 saturated heterocycles. The lowest BCUT2D eigenvalue weighted by Gasteiger charge is -2.33. The van der Waals surface area contributed by atoms with Crippen LogP contribution in [0.5, 0.6) is 0 Å². The van der Waals surface area contributed by atoms with Crippen molar-refractivity contribution in [1.82, 2.24) is 15.1 Å². The summed E-state index contributed by atoms with van der Waals surface area (Å²) in [5, 5.41) is 8.37. The van der Waals surface area contributed by atoms with Crippen molar-refractivity contribution in [3.8, 4) is 0 Å². The summed E-state index contributed by atoms with van der Waals surface area (Å²) in [4.78, 5) is 0. The van der Waals surface area contributed by atoms with E-state index in [1.807, 2.05) is 0 Å². The Morgan fingerprint density at radius 3 is 2.53 bits per heavy atom. The molecule has 2 atom stereocenters. The van der Waals surface area contributed by atoms with Gasteiger partial charge in [0.05, 0.1) is 11.7 Å². The topological polar surface area (TPSA) is 29.9 Å². The number of hydrogen-bond acceptors (Lipinski definition) is 2. The van der Waals surface area contributed by atoms with Gasteiger partial charge in [-0.3, -0.25) is 4.68 Å². The normalized spacial score (nSPS) is 25.2. The summed E-state index contributed by atoms with van der Waals surface area (Å²) in [6.07, 6.45) is 5.24. The molecule has 0 bridgehead atoms. The van der Waals surface area contributed by atoms with E-state index in [0.29, 0.717) is 12.1 Å². The highest BCUT2D eigenvalue weighted by molar-refractivity contribution is 5.23. The fourth-order valence-corrected chi connectivity index (χ4v) is 2.97. The molecule has 1 aliphatic rings. The van der Waals surface area contributed by atoms with Gasteiger partial charge >= 0.3 is 0 Å². The molecule has 1 heterocycles. The standard InChI is InChI=1S/C14H25N3/c1-5-15-13-8-6-7-9-14(13)17-12(4)10(2)11(3)16-17/h13-15H,5-9H2,1-4H3. The van der Waals surface area contributed by atoms with Crippen LogP contribution < -0.4 is 5.32 Å². The molecular formula is C14H25N3. The zero-order valence-electron chi connectivity index (χ0n) is 11.6. The van der Waals surface area contributed by atoms with Crippen molar-refractivity contribution in [2.45, 2.75) is 65.5 Å². The summed E-state index contributed by atoms with van der Waals surface area (Å²) in [6.45, 7) is 9.74. The lowest BCUT2D eigenvalue weighted by molar-refractivity contribution is 0.246. The minimum atomic E-state index is 0.552. The molecule has 0 amide bonds.